The Bertz CT molecular complexity index is 1990. The molecule has 5 atom stereocenters. The molecule has 1 saturated heterocycles. The van der Waals surface area contributed by atoms with E-state index in [0.29, 0.717) is 52.7 Å². The summed E-state index contributed by atoms with van der Waals surface area (Å²) in [5.41, 5.74) is 6.14. The third-order valence-corrected chi connectivity index (χ3v) is 11.1. The predicted molar refractivity (Wildman–Crippen MR) is 185 cm³/mol. The van der Waals surface area contributed by atoms with Gasteiger partial charge < -0.3 is 28.4 Å². The molecule has 0 aliphatic carbocycles. The lowest BCUT2D eigenvalue weighted by molar-refractivity contribution is -0.0766. The second kappa shape index (κ2) is 12.6. The van der Waals surface area contributed by atoms with Crippen molar-refractivity contribution in [2.75, 3.05) is 48.0 Å². The lowest BCUT2D eigenvalue weighted by Gasteiger charge is -2.60. The van der Waals surface area contributed by atoms with E-state index >= 15 is 0 Å². The normalized spacial score (nSPS) is 24.3. The first-order valence-corrected chi connectivity index (χ1v) is 17.1. The number of methoxy groups -OCH3 is 2. The molecule has 0 aromatic heterocycles. The van der Waals surface area contributed by atoms with Crippen LogP contribution >= 0.6 is 0 Å². The molecule has 12 nitrogen and oxygen atoms in total. The second-order valence-electron chi connectivity index (χ2n) is 13.6. The highest BCUT2D eigenvalue weighted by Gasteiger charge is 2.57. The summed E-state index contributed by atoms with van der Waals surface area (Å²) in [5.74, 6) is 2.25. The summed E-state index contributed by atoms with van der Waals surface area (Å²) in [5, 5.41) is 11.1. The Balaban J connectivity index is 1.37. The van der Waals surface area contributed by atoms with Gasteiger partial charge in [0.2, 0.25) is 6.79 Å². The first kappa shape index (κ1) is 33.1. The molecule has 2 amide bonds. The molecule has 5 aliphatic heterocycles. The van der Waals surface area contributed by atoms with Crippen molar-refractivity contribution >= 4 is 11.8 Å². The SMILES string of the molecule is C=CCOc1c(C)c2c(c3c1CC1C4c5c(cc(C)c(OC)c5OCOC)CC(C(C#N)N1[C@H]3CN1C(=O)c3ccccc3C1=O)N4C)OCO2. The quantitative estimate of drug-likeness (QED) is 0.177. The van der Waals surface area contributed by atoms with Crippen LogP contribution in [-0.4, -0.2) is 92.6 Å². The van der Waals surface area contributed by atoms with E-state index in [0.717, 1.165) is 33.4 Å². The number of hydrogen-bond donors (Lipinski definition) is 0. The Kier molecular flexibility index (Phi) is 8.17. The minimum absolute atomic E-state index is 0.00590. The number of fused-ring (bicyclic) bond motifs is 10. The minimum Gasteiger partial charge on any atom is -0.493 e. The van der Waals surface area contributed by atoms with Gasteiger partial charge in [-0.3, -0.25) is 24.3 Å². The first-order chi connectivity index (χ1) is 24.7. The van der Waals surface area contributed by atoms with E-state index in [1.807, 2.05) is 13.8 Å². The number of hydrogen-bond acceptors (Lipinski definition) is 11. The monoisotopic (exact) mass is 692 g/mol. The van der Waals surface area contributed by atoms with E-state index < -0.39 is 12.1 Å². The van der Waals surface area contributed by atoms with Crippen molar-refractivity contribution in [3.63, 3.8) is 0 Å². The van der Waals surface area contributed by atoms with Crippen LogP contribution in [0.1, 0.15) is 66.2 Å². The zero-order valence-corrected chi connectivity index (χ0v) is 29.4. The molecule has 2 bridgehead atoms. The van der Waals surface area contributed by atoms with Gasteiger partial charge >= 0.3 is 0 Å². The summed E-state index contributed by atoms with van der Waals surface area (Å²) in [6, 6.07) is 9.60. The molecule has 0 radical (unpaired) electrons. The maximum atomic E-state index is 13.9. The molecule has 0 N–H and O–H groups in total. The summed E-state index contributed by atoms with van der Waals surface area (Å²) in [6.07, 6.45) is 2.74. The smallest absolute Gasteiger partial charge is 0.261 e. The van der Waals surface area contributed by atoms with E-state index in [1.165, 1.54) is 4.90 Å². The van der Waals surface area contributed by atoms with Gasteiger partial charge in [0.15, 0.2) is 29.8 Å². The van der Waals surface area contributed by atoms with Crippen molar-refractivity contribution in [2.24, 2.45) is 0 Å². The fourth-order valence-corrected chi connectivity index (χ4v) is 9.16. The number of rotatable bonds is 9. The van der Waals surface area contributed by atoms with Crippen LogP contribution in [0.2, 0.25) is 0 Å². The third-order valence-electron chi connectivity index (χ3n) is 11.1. The van der Waals surface area contributed by atoms with Crippen LogP contribution in [0.3, 0.4) is 0 Å². The van der Waals surface area contributed by atoms with Gasteiger partial charge in [0.05, 0.1) is 36.4 Å². The highest BCUT2D eigenvalue weighted by atomic mass is 16.7. The number of nitriles is 1. The number of imide groups is 1. The molecule has 5 aliphatic rings. The van der Waals surface area contributed by atoms with E-state index in [1.54, 1.807) is 44.6 Å². The predicted octanol–water partition coefficient (Wildman–Crippen LogP) is 4.66. The van der Waals surface area contributed by atoms with Gasteiger partial charge in [-0.2, -0.15) is 5.26 Å². The average molecular weight is 693 g/mol. The molecule has 5 heterocycles. The van der Waals surface area contributed by atoms with Gasteiger partial charge in [-0.15, -0.1) is 0 Å². The number of nitrogens with zero attached hydrogens (tertiary/aromatic N) is 4. The molecule has 3 aromatic rings. The summed E-state index contributed by atoms with van der Waals surface area (Å²) in [4.78, 5) is 33.7. The molecule has 0 spiro atoms. The maximum Gasteiger partial charge on any atom is 0.261 e. The van der Waals surface area contributed by atoms with Gasteiger partial charge in [0.25, 0.3) is 11.8 Å². The largest absolute Gasteiger partial charge is 0.493 e. The van der Waals surface area contributed by atoms with E-state index in [-0.39, 0.29) is 56.7 Å². The van der Waals surface area contributed by atoms with Crippen LogP contribution in [0, 0.1) is 25.2 Å². The molecule has 12 heteroatoms. The lowest BCUT2D eigenvalue weighted by atomic mass is 9.71. The third kappa shape index (κ3) is 4.75. The second-order valence-corrected chi connectivity index (χ2v) is 13.6. The van der Waals surface area contributed by atoms with Crippen LogP contribution in [0.5, 0.6) is 28.7 Å². The minimum atomic E-state index is -0.635. The number of likely N-dealkylation sites (N-methyl/N-ethyl adjacent to an activating group) is 1. The van der Waals surface area contributed by atoms with E-state index in [4.69, 9.17) is 28.4 Å². The Morgan fingerprint density at radius 1 is 0.980 bits per heavy atom. The van der Waals surface area contributed by atoms with Crippen molar-refractivity contribution in [2.45, 2.75) is 56.9 Å². The lowest BCUT2D eigenvalue weighted by Crippen LogP contribution is -2.69. The topological polar surface area (TPSA) is 123 Å². The number of benzene rings is 3. The molecule has 264 valence electrons. The number of piperazine rings is 1. The van der Waals surface area contributed by atoms with Crippen molar-refractivity contribution in [1.82, 2.24) is 14.7 Å². The first-order valence-electron chi connectivity index (χ1n) is 17.1. The molecule has 8 rings (SSSR count). The van der Waals surface area contributed by atoms with Gasteiger partial charge in [0, 0.05) is 48.0 Å². The number of aryl methyl sites for hydroxylation is 1. The van der Waals surface area contributed by atoms with Crippen molar-refractivity contribution in [3.05, 3.63) is 87.5 Å². The Morgan fingerprint density at radius 3 is 2.37 bits per heavy atom. The van der Waals surface area contributed by atoms with Crippen molar-refractivity contribution in [3.8, 4) is 34.8 Å². The number of carbonyl (C=O) groups excluding carboxylic acids is 2. The standard InChI is InChI=1S/C39H40N4O8/c1-7-12-48-34-21(3)35-37(51-19-50-35)31-25(34)15-27-32-30-22(13-20(2)33(47-6)36(30)49-18-46-5)14-26(41(32)4)28(16-40)43(27)29(31)17-42-38(44)23-10-8-9-11-24(23)39(42)45/h7-11,13,26-29,32H,1,12,14-15,17-19H2,2-6H3/t26?,27?,28?,29-,32?/m0/s1. The highest BCUT2D eigenvalue weighted by molar-refractivity contribution is 6.21. The molecule has 0 saturated carbocycles. The summed E-state index contributed by atoms with van der Waals surface area (Å²) in [7, 11) is 5.27. The van der Waals surface area contributed by atoms with Crippen LogP contribution < -0.4 is 23.7 Å². The Morgan fingerprint density at radius 2 is 1.71 bits per heavy atom. The number of carbonyl (C=O) groups is 2. The van der Waals surface area contributed by atoms with Crippen molar-refractivity contribution < 1.29 is 38.0 Å². The van der Waals surface area contributed by atoms with Gasteiger partial charge in [-0.1, -0.05) is 30.9 Å². The zero-order chi connectivity index (χ0) is 35.7. The van der Waals surface area contributed by atoms with Crippen molar-refractivity contribution in [1.29, 1.82) is 5.26 Å². The van der Waals surface area contributed by atoms with Gasteiger partial charge in [-0.25, -0.2) is 0 Å². The molecule has 3 aromatic carbocycles. The summed E-state index contributed by atoms with van der Waals surface area (Å²) < 4.78 is 36.3. The summed E-state index contributed by atoms with van der Waals surface area (Å²) >= 11 is 0. The van der Waals surface area contributed by atoms with Crippen LogP contribution in [0.15, 0.2) is 43.0 Å². The highest BCUT2D eigenvalue weighted by Crippen LogP contribution is 2.59. The van der Waals surface area contributed by atoms with Gasteiger partial charge in [-0.05, 0) is 57.0 Å². The fraction of sp³-hybridized carbons (Fsp3) is 0.410. The Labute approximate surface area is 296 Å². The maximum absolute atomic E-state index is 13.9. The van der Waals surface area contributed by atoms with Crippen LogP contribution in [0.25, 0.3) is 0 Å². The molecular formula is C39H40N4O8. The zero-order valence-electron chi connectivity index (χ0n) is 29.4. The molecule has 51 heavy (non-hydrogen) atoms. The van der Waals surface area contributed by atoms with Crippen LogP contribution in [-0.2, 0) is 17.6 Å². The van der Waals surface area contributed by atoms with E-state index in [9.17, 15) is 14.9 Å². The molecule has 1 fully saturated rings. The number of ether oxygens (including phenoxy) is 6. The van der Waals surface area contributed by atoms with Crippen LogP contribution in [0.4, 0.5) is 0 Å². The van der Waals surface area contributed by atoms with Gasteiger partial charge in [0.1, 0.15) is 18.4 Å². The molecule has 4 unspecified atom stereocenters. The summed E-state index contributed by atoms with van der Waals surface area (Å²) in [6.45, 7) is 8.10. The molecular weight excluding hydrogens is 652 g/mol. The fourth-order valence-electron chi connectivity index (χ4n) is 9.16. The Hall–Kier alpha value is -5.09. The average Bonchev–Trinajstić information content (AvgIpc) is 3.71. The number of amides is 2. The van der Waals surface area contributed by atoms with E-state index in [2.05, 4.69) is 35.6 Å².